The zero-order valence-electron chi connectivity index (χ0n) is 27.8. The minimum Gasteiger partial charge on any atom is -0.491 e. The van der Waals surface area contributed by atoms with Gasteiger partial charge in [-0.25, -0.2) is 21.6 Å². The van der Waals surface area contributed by atoms with Crippen molar-refractivity contribution >= 4 is 26.0 Å². The van der Waals surface area contributed by atoms with Crippen molar-refractivity contribution in [3.8, 4) is 16.9 Å². The number of hydrogen-bond donors (Lipinski definition) is 6. The smallest absolute Gasteiger partial charge is 0.243 e. The number of hydrogen-bond acceptors (Lipinski definition) is 11. The Morgan fingerprint density at radius 2 is 1.72 bits per heavy atom. The van der Waals surface area contributed by atoms with E-state index in [9.17, 15) is 31.8 Å². The van der Waals surface area contributed by atoms with Gasteiger partial charge in [0.2, 0.25) is 26.0 Å². The van der Waals surface area contributed by atoms with Crippen LogP contribution < -0.4 is 25.8 Å². The van der Waals surface area contributed by atoms with Gasteiger partial charge in [-0.2, -0.15) is 4.31 Å². The number of nitrogens with zero attached hydrogens (tertiary/aromatic N) is 1. The predicted molar refractivity (Wildman–Crippen MR) is 186 cm³/mol. The van der Waals surface area contributed by atoms with Gasteiger partial charge in [-0.1, -0.05) is 42.5 Å². The number of carbonyl (C=O) groups is 1. The Balaban J connectivity index is 1.10. The van der Waals surface area contributed by atoms with Gasteiger partial charge in [0.1, 0.15) is 24.5 Å². The largest absolute Gasteiger partial charge is 0.491 e. The Morgan fingerprint density at radius 3 is 2.40 bits per heavy atom. The fourth-order valence-corrected chi connectivity index (χ4v) is 8.41. The first-order valence-electron chi connectivity index (χ1n) is 16.4. The summed E-state index contributed by atoms with van der Waals surface area (Å²) in [4.78, 5) is 11.6. The topological polar surface area (TPSA) is 210 Å². The Morgan fingerprint density at radius 1 is 1.02 bits per heavy atom. The molecule has 16 heteroatoms. The Kier molecular flexibility index (Phi) is 12.3. The Hall–Kier alpha value is -3.45. The third kappa shape index (κ3) is 9.25. The summed E-state index contributed by atoms with van der Waals surface area (Å²) in [5.74, 6) is -0.303. The number of rotatable bonds is 16. The molecule has 5 rings (SSSR count). The molecule has 3 aromatic carbocycles. The number of primary amides is 1. The van der Waals surface area contributed by atoms with Gasteiger partial charge in [-0.15, -0.1) is 0 Å². The minimum atomic E-state index is -3.75. The molecule has 2 aliphatic heterocycles. The molecule has 7 N–H and O–H groups in total. The highest BCUT2D eigenvalue weighted by molar-refractivity contribution is 7.89. The minimum absolute atomic E-state index is 0.0185. The molecular formula is C34H45N5O9S2. The number of piperidine rings is 1. The number of aliphatic hydroxyl groups is 2. The van der Waals surface area contributed by atoms with E-state index >= 15 is 0 Å². The number of sulfonamides is 2. The molecule has 0 saturated carbocycles. The maximum atomic E-state index is 13.7. The summed E-state index contributed by atoms with van der Waals surface area (Å²) in [6.07, 6.45) is 0.929. The molecule has 2 heterocycles. The maximum absolute atomic E-state index is 13.7. The van der Waals surface area contributed by atoms with Crippen LogP contribution >= 0.6 is 0 Å². The van der Waals surface area contributed by atoms with Crippen LogP contribution in [0.15, 0.2) is 82.6 Å². The van der Waals surface area contributed by atoms with E-state index in [2.05, 4.69) is 15.4 Å². The van der Waals surface area contributed by atoms with Crippen LogP contribution in [0, 0.1) is 0 Å². The molecule has 2 aliphatic rings. The molecule has 3 aromatic rings. The van der Waals surface area contributed by atoms with Crippen LogP contribution in [0.4, 0.5) is 0 Å². The standard InChI is InChI=1S/C34H45N5O9S2/c1-36-49(43,44)30-6-3-5-29(17-30)47-23-28(41)20-37-27-18-34(48-22-27)12-14-39(15-13-34)50(45,46)31-7-2-4-26(16-31)25-10-8-24(9-11-25)19-38-32(21-40)33(35)42/h2-11,16-17,27-28,32,36-38,40-41H,12-15,18-23H2,1H3,(H2,35,42)/t27?,28?,32-/m0/s1. The molecular weight excluding hydrogens is 687 g/mol. The highest BCUT2D eigenvalue weighted by Crippen LogP contribution is 2.37. The number of aliphatic hydroxyl groups excluding tert-OH is 2. The molecule has 3 atom stereocenters. The normalized spacial score (nSPS) is 19.3. The second-order valence-corrected chi connectivity index (χ2v) is 16.4. The van der Waals surface area contributed by atoms with Crippen LogP contribution in [0.1, 0.15) is 24.8 Å². The lowest BCUT2D eigenvalue weighted by Crippen LogP contribution is -2.47. The van der Waals surface area contributed by atoms with Crippen molar-refractivity contribution in [2.45, 2.75) is 59.4 Å². The molecule has 2 fully saturated rings. The van der Waals surface area contributed by atoms with Crippen LogP contribution in [0.5, 0.6) is 5.75 Å². The number of ether oxygens (including phenoxy) is 2. The average molecular weight is 732 g/mol. The number of amides is 1. The summed E-state index contributed by atoms with van der Waals surface area (Å²) in [6, 6.07) is 19.5. The quantitative estimate of drug-likeness (QED) is 0.120. The molecule has 50 heavy (non-hydrogen) atoms. The highest BCUT2D eigenvalue weighted by Gasteiger charge is 2.44. The SMILES string of the molecule is CNS(=O)(=O)c1cccc(OCC(O)CNC2COC3(CCN(S(=O)(=O)c4cccc(-c5ccc(CN[C@@H](CO)C(N)=O)cc5)c4)CC3)C2)c1. The molecule has 0 aromatic heterocycles. The third-order valence-electron chi connectivity index (χ3n) is 9.15. The Bertz CT molecular complexity index is 1830. The first kappa shape index (κ1) is 37.8. The summed E-state index contributed by atoms with van der Waals surface area (Å²) in [6.45, 7) is 1.23. The van der Waals surface area contributed by atoms with Crippen LogP contribution in [-0.4, -0.2) is 108 Å². The van der Waals surface area contributed by atoms with E-state index in [1.807, 2.05) is 30.3 Å². The lowest BCUT2D eigenvalue weighted by atomic mass is 9.88. The number of nitrogens with one attached hydrogen (secondary N) is 3. The van der Waals surface area contributed by atoms with Gasteiger partial charge >= 0.3 is 0 Å². The first-order valence-corrected chi connectivity index (χ1v) is 19.3. The first-order chi connectivity index (χ1) is 23.8. The monoisotopic (exact) mass is 731 g/mol. The van der Waals surface area contributed by atoms with E-state index in [0.29, 0.717) is 51.3 Å². The fourth-order valence-electron chi connectivity index (χ4n) is 6.16. The van der Waals surface area contributed by atoms with E-state index in [-0.39, 0.29) is 29.0 Å². The lowest BCUT2D eigenvalue weighted by Gasteiger charge is -2.38. The molecule has 0 bridgehead atoms. The Labute approximate surface area is 293 Å². The second-order valence-electron chi connectivity index (χ2n) is 12.6. The second kappa shape index (κ2) is 16.3. The summed E-state index contributed by atoms with van der Waals surface area (Å²) < 4.78 is 67.0. The van der Waals surface area contributed by atoms with Crippen molar-refractivity contribution < 1.29 is 41.3 Å². The number of benzene rings is 3. The van der Waals surface area contributed by atoms with Crippen LogP contribution in [-0.2, 0) is 36.1 Å². The summed E-state index contributed by atoms with van der Waals surface area (Å²) in [5, 5.41) is 26.0. The van der Waals surface area contributed by atoms with Gasteiger partial charge in [0.15, 0.2) is 0 Å². The van der Waals surface area contributed by atoms with Gasteiger partial charge in [0.05, 0.1) is 28.6 Å². The van der Waals surface area contributed by atoms with Crippen molar-refractivity contribution in [2.24, 2.45) is 5.73 Å². The third-order valence-corrected chi connectivity index (χ3v) is 12.5. The number of carbonyl (C=O) groups excluding carboxylic acids is 1. The fraction of sp³-hybridized carbons (Fsp3) is 0.441. The summed E-state index contributed by atoms with van der Waals surface area (Å²) in [7, 11) is -6.03. The van der Waals surface area contributed by atoms with E-state index in [1.165, 1.54) is 23.5 Å². The predicted octanol–water partition coefficient (Wildman–Crippen LogP) is 0.539. The van der Waals surface area contributed by atoms with Crippen molar-refractivity contribution in [2.75, 3.05) is 46.5 Å². The van der Waals surface area contributed by atoms with Gasteiger partial charge in [-0.3, -0.25) is 10.1 Å². The van der Waals surface area contributed by atoms with E-state index in [4.69, 9.17) is 15.2 Å². The highest BCUT2D eigenvalue weighted by atomic mass is 32.2. The van der Waals surface area contributed by atoms with Crippen molar-refractivity contribution in [3.05, 3.63) is 78.4 Å². The van der Waals surface area contributed by atoms with Crippen LogP contribution in [0.3, 0.4) is 0 Å². The lowest BCUT2D eigenvalue weighted by molar-refractivity contribution is -0.120. The van der Waals surface area contributed by atoms with Crippen LogP contribution in [0.2, 0.25) is 0 Å². The van der Waals surface area contributed by atoms with Crippen molar-refractivity contribution in [1.82, 2.24) is 19.7 Å². The average Bonchev–Trinajstić information content (AvgIpc) is 3.52. The summed E-state index contributed by atoms with van der Waals surface area (Å²) in [5.41, 5.74) is 7.27. The van der Waals surface area contributed by atoms with Gasteiger partial charge in [0, 0.05) is 38.3 Å². The molecule has 1 amide bonds. The van der Waals surface area contributed by atoms with Gasteiger partial charge in [0.25, 0.3) is 0 Å². The van der Waals surface area contributed by atoms with Gasteiger partial charge in [-0.05, 0) is 67.3 Å². The molecule has 1 spiro atoms. The van der Waals surface area contributed by atoms with Crippen LogP contribution in [0.25, 0.3) is 11.1 Å². The molecule has 14 nitrogen and oxygen atoms in total. The molecule has 0 aliphatic carbocycles. The zero-order valence-corrected chi connectivity index (χ0v) is 29.5. The van der Waals surface area contributed by atoms with Gasteiger partial charge < -0.3 is 30.7 Å². The molecule has 2 unspecified atom stereocenters. The summed E-state index contributed by atoms with van der Waals surface area (Å²) >= 11 is 0. The maximum Gasteiger partial charge on any atom is 0.243 e. The molecule has 2 saturated heterocycles. The van der Waals surface area contributed by atoms with Crippen molar-refractivity contribution in [1.29, 1.82) is 0 Å². The molecule has 272 valence electrons. The van der Waals surface area contributed by atoms with E-state index in [0.717, 1.165) is 16.7 Å². The van der Waals surface area contributed by atoms with E-state index < -0.39 is 50.3 Å². The number of nitrogens with two attached hydrogens (primary N) is 1. The molecule has 0 radical (unpaired) electrons. The van der Waals surface area contributed by atoms with E-state index in [1.54, 1.807) is 30.3 Å². The zero-order chi connectivity index (χ0) is 35.9. The van der Waals surface area contributed by atoms with Crippen molar-refractivity contribution in [3.63, 3.8) is 0 Å².